The van der Waals surface area contributed by atoms with Gasteiger partial charge in [-0.15, -0.1) is 0 Å². The number of hydrogen-bond donors (Lipinski definition) is 2. The summed E-state index contributed by atoms with van der Waals surface area (Å²) in [6.45, 7) is 0. The number of nitrogens with one attached hydrogen (secondary N) is 1. The summed E-state index contributed by atoms with van der Waals surface area (Å²) in [5.41, 5.74) is 10.1. The lowest BCUT2D eigenvalue weighted by Gasteiger charge is -2.26. The number of para-hydroxylation sites is 1. The van der Waals surface area contributed by atoms with Crippen LogP contribution in [0.1, 0.15) is 17.0 Å². The van der Waals surface area contributed by atoms with E-state index in [4.69, 9.17) is 10.5 Å². The number of nitriles is 1. The number of ether oxygens (including phenoxy) is 1. The molecule has 2 aromatic carbocycles. The number of aromatic nitrogens is 1. The SMILES string of the molecule is N#CC1=C(N)Oc2cc(Nc3ccccc3)ccc2C1c1cccnc1. The van der Waals surface area contributed by atoms with Gasteiger partial charge >= 0.3 is 0 Å². The summed E-state index contributed by atoms with van der Waals surface area (Å²) in [6.07, 6.45) is 3.45. The first-order valence-electron chi connectivity index (χ1n) is 8.20. The maximum Gasteiger partial charge on any atom is 0.205 e. The minimum atomic E-state index is -0.289. The van der Waals surface area contributed by atoms with Crippen LogP contribution < -0.4 is 15.8 Å². The molecule has 0 bridgehead atoms. The Kier molecular flexibility index (Phi) is 4.00. The molecule has 0 radical (unpaired) electrons. The van der Waals surface area contributed by atoms with Crippen LogP contribution in [-0.2, 0) is 0 Å². The van der Waals surface area contributed by atoms with Crippen LogP contribution in [0.4, 0.5) is 11.4 Å². The van der Waals surface area contributed by atoms with Crippen molar-refractivity contribution < 1.29 is 4.74 Å². The van der Waals surface area contributed by atoms with Gasteiger partial charge in [-0.25, -0.2) is 0 Å². The maximum absolute atomic E-state index is 9.57. The van der Waals surface area contributed by atoms with E-state index in [9.17, 15) is 5.26 Å². The van der Waals surface area contributed by atoms with E-state index in [1.165, 1.54) is 0 Å². The molecule has 3 N–H and O–H groups in total. The minimum Gasteiger partial charge on any atom is -0.440 e. The van der Waals surface area contributed by atoms with Crippen molar-refractivity contribution in [2.45, 2.75) is 5.92 Å². The molecule has 0 aliphatic carbocycles. The number of nitrogens with zero attached hydrogens (tertiary/aromatic N) is 2. The molecular formula is C21H16N4O. The van der Waals surface area contributed by atoms with Gasteiger partial charge in [0.2, 0.25) is 5.88 Å². The molecule has 0 spiro atoms. The summed E-state index contributed by atoms with van der Waals surface area (Å²) in [5, 5.41) is 12.9. The second-order valence-electron chi connectivity index (χ2n) is 5.95. The summed E-state index contributed by atoms with van der Waals surface area (Å²) in [7, 11) is 0. The largest absolute Gasteiger partial charge is 0.440 e. The van der Waals surface area contributed by atoms with E-state index in [0.717, 1.165) is 22.5 Å². The predicted octanol–water partition coefficient (Wildman–Crippen LogP) is 4.04. The normalized spacial score (nSPS) is 15.6. The summed E-state index contributed by atoms with van der Waals surface area (Å²) < 4.78 is 5.74. The number of fused-ring (bicyclic) bond motifs is 1. The number of hydrogen-bond acceptors (Lipinski definition) is 5. The second kappa shape index (κ2) is 6.61. The Labute approximate surface area is 151 Å². The highest BCUT2D eigenvalue weighted by atomic mass is 16.5. The van der Waals surface area contributed by atoms with Gasteiger partial charge in [0, 0.05) is 35.4 Å². The van der Waals surface area contributed by atoms with E-state index in [2.05, 4.69) is 16.4 Å². The van der Waals surface area contributed by atoms with Crippen LogP contribution in [-0.4, -0.2) is 4.98 Å². The van der Waals surface area contributed by atoms with Gasteiger partial charge in [0.05, 0.1) is 5.92 Å². The maximum atomic E-state index is 9.57. The van der Waals surface area contributed by atoms with Crippen LogP contribution in [0.3, 0.4) is 0 Å². The monoisotopic (exact) mass is 340 g/mol. The van der Waals surface area contributed by atoms with Crippen LogP contribution in [0.15, 0.2) is 84.5 Å². The lowest BCUT2D eigenvalue weighted by Crippen LogP contribution is -2.21. The zero-order valence-corrected chi connectivity index (χ0v) is 13.9. The van der Waals surface area contributed by atoms with Gasteiger partial charge in [-0.2, -0.15) is 5.26 Å². The van der Waals surface area contributed by atoms with E-state index < -0.39 is 0 Å². The lowest BCUT2D eigenvalue weighted by atomic mass is 9.84. The molecule has 1 aliphatic heterocycles. The highest BCUT2D eigenvalue weighted by molar-refractivity contribution is 5.65. The van der Waals surface area contributed by atoms with E-state index in [0.29, 0.717) is 11.3 Å². The van der Waals surface area contributed by atoms with E-state index >= 15 is 0 Å². The molecule has 5 nitrogen and oxygen atoms in total. The van der Waals surface area contributed by atoms with Crippen molar-refractivity contribution in [2.75, 3.05) is 5.32 Å². The molecule has 3 aromatic rings. The van der Waals surface area contributed by atoms with E-state index in [1.807, 2.05) is 60.7 Å². The van der Waals surface area contributed by atoms with Crippen molar-refractivity contribution in [1.82, 2.24) is 4.98 Å². The number of allylic oxidation sites excluding steroid dienone is 1. The summed E-state index contributed by atoms with van der Waals surface area (Å²) in [4.78, 5) is 4.17. The first-order chi connectivity index (χ1) is 12.8. The fraction of sp³-hybridized carbons (Fsp3) is 0.0476. The number of pyridine rings is 1. The van der Waals surface area contributed by atoms with Crippen LogP contribution in [0.2, 0.25) is 0 Å². The third kappa shape index (κ3) is 2.85. The van der Waals surface area contributed by atoms with E-state index in [1.54, 1.807) is 12.4 Å². The Hall–Kier alpha value is -3.78. The summed E-state index contributed by atoms with van der Waals surface area (Å²) in [5.74, 6) is 0.477. The molecule has 1 aliphatic rings. The standard InChI is InChI=1S/C21H16N4O/c22-12-18-20(14-5-4-10-24-13-14)17-9-8-16(11-19(17)26-21(18)23)25-15-6-2-1-3-7-15/h1-11,13,20,25H,23H2. The summed E-state index contributed by atoms with van der Waals surface area (Å²) >= 11 is 0. The van der Waals surface area contributed by atoms with Gasteiger partial charge in [0.25, 0.3) is 0 Å². The van der Waals surface area contributed by atoms with Gasteiger partial charge < -0.3 is 15.8 Å². The number of rotatable bonds is 3. The average molecular weight is 340 g/mol. The Balaban J connectivity index is 1.76. The van der Waals surface area contributed by atoms with Gasteiger partial charge in [0.15, 0.2) is 0 Å². The summed E-state index contributed by atoms with van der Waals surface area (Å²) in [6, 6.07) is 21.7. The molecule has 1 aromatic heterocycles. The van der Waals surface area contributed by atoms with Crippen LogP contribution in [0, 0.1) is 11.3 Å². The molecule has 0 amide bonds. The molecule has 2 heterocycles. The molecule has 1 unspecified atom stereocenters. The zero-order chi connectivity index (χ0) is 17.9. The van der Waals surface area contributed by atoms with Crippen molar-refractivity contribution in [3.8, 4) is 11.8 Å². The number of nitrogens with two attached hydrogens (primary N) is 1. The number of anilines is 2. The minimum absolute atomic E-state index is 0.130. The highest BCUT2D eigenvalue weighted by Crippen LogP contribution is 2.43. The Bertz CT molecular complexity index is 1010. The molecule has 0 saturated heterocycles. The van der Waals surface area contributed by atoms with Crippen molar-refractivity contribution >= 4 is 11.4 Å². The molecular weight excluding hydrogens is 324 g/mol. The van der Waals surface area contributed by atoms with E-state index in [-0.39, 0.29) is 11.8 Å². The fourth-order valence-corrected chi connectivity index (χ4v) is 3.11. The predicted molar refractivity (Wildman–Crippen MR) is 99.7 cm³/mol. The van der Waals surface area contributed by atoms with Crippen LogP contribution >= 0.6 is 0 Å². The first kappa shape index (κ1) is 15.7. The highest BCUT2D eigenvalue weighted by Gasteiger charge is 2.30. The Morgan fingerprint density at radius 2 is 1.88 bits per heavy atom. The molecule has 26 heavy (non-hydrogen) atoms. The van der Waals surface area contributed by atoms with Gasteiger partial charge in [-0.1, -0.05) is 30.3 Å². The van der Waals surface area contributed by atoms with Crippen molar-refractivity contribution in [3.05, 3.63) is 95.6 Å². The quantitative estimate of drug-likeness (QED) is 0.751. The molecule has 5 heteroatoms. The van der Waals surface area contributed by atoms with Crippen LogP contribution in [0.25, 0.3) is 0 Å². The van der Waals surface area contributed by atoms with Gasteiger partial charge in [-0.05, 0) is 29.8 Å². The third-order valence-electron chi connectivity index (χ3n) is 4.30. The van der Waals surface area contributed by atoms with Crippen molar-refractivity contribution in [1.29, 1.82) is 5.26 Å². The topological polar surface area (TPSA) is 84.0 Å². The average Bonchev–Trinajstić information content (AvgIpc) is 2.68. The second-order valence-corrected chi connectivity index (χ2v) is 5.95. The molecule has 126 valence electrons. The molecule has 1 atom stereocenters. The first-order valence-corrected chi connectivity index (χ1v) is 8.20. The Morgan fingerprint density at radius 3 is 2.62 bits per heavy atom. The fourth-order valence-electron chi connectivity index (χ4n) is 3.11. The lowest BCUT2D eigenvalue weighted by molar-refractivity contribution is 0.394. The van der Waals surface area contributed by atoms with Crippen molar-refractivity contribution in [3.63, 3.8) is 0 Å². The van der Waals surface area contributed by atoms with Gasteiger partial charge in [0.1, 0.15) is 17.4 Å². The van der Waals surface area contributed by atoms with Gasteiger partial charge in [-0.3, -0.25) is 4.98 Å². The molecule has 0 fully saturated rings. The molecule has 4 rings (SSSR count). The molecule has 0 saturated carbocycles. The zero-order valence-electron chi connectivity index (χ0n) is 13.9. The smallest absolute Gasteiger partial charge is 0.205 e. The van der Waals surface area contributed by atoms with Crippen molar-refractivity contribution in [2.24, 2.45) is 5.73 Å². The van der Waals surface area contributed by atoms with Crippen LogP contribution in [0.5, 0.6) is 5.75 Å². The number of benzene rings is 2. The third-order valence-corrected chi connectivity index (χ3v) is 4.30. The Morgan fingerprint density at radius 1 is 1.04 bits per heavy atom.